The Kier molecular flexibility index (Phi) is 9.33. The molecule has 2 aromatic carbocycles. The van der Waals surface area contributed by atoms with E-state index in [9.17, 15) is 10.1 Å². The minimum atomic E-state index is -0.375. The van der Waals surface area contributed by atoms with Crippen LogP contribution in [-0.2, 0) is 13.1 Å². The van der Waals surface area contributed by atoms with E-state index in [1.165, 1.54) is 11.6 Å². The first-order valence-corrected chi connectivity index (χ1v) is 9.61. The number of halogens is 1. The summed E-state index contributed by atoms with van der Waals surface area (Å²) in [7, 11) is 1.74. The van der Waals surface area contributed by atoms with Gasteiger partial charge in [0.25, 0.3) is 5.69 Å². The van der Waals surface area contributed by atoms with E-state index in [0.29, 0.717) is 12.6 Å². The fourth-order valence-corrected chi connectivity index (χ4v) is 3.51. The standard InChI is InChI=1S/C21H27N5O2.HI/c1-22-21(23-14-18-9-5-11-20(13-18)26(27)28)24-19-10-6-12-25(16-19)15-17-7-3-2-4-8-17;/h2-5,7-9,11,13,19H,6,10,12,14-16H2,1H3,(H2,22,23,24);1H. The Labute approximate surface area is 188 Å². The highest BCUT2D eigenvalue weighted by Gasteiger charge is 2.20. The van der Waals surface area contributed by atoms with Crippen LogP contribution >= 0.6 is 24.0 Å². The maximum atomic E-state index is 10.9. The predicted octanol–water partition coefficient (Wildman–Crippen LogP) is 3.54. The fraction of sp³-hybridized carbons (Fsp3) is 0.381. The van der Waals surface area contributed by atoms with Gasteiger partial charge in [-0.1, -0.05) is 42.5 Å². The van der Waals surface area contributed by atoms with E-state index in [-0.39, 0.29) is 34.6 Å². The molecule has 1 aliphatic rings. The molecule has 0 radical (unpaired) electrons. The van der Waals surface area contributed by atoms with Crippen molar-refractivity contribution in [3.63, 3.8) is 0 Å². The van der Waals surface area contributed by atoms with Gasteiger partial charge in [-0.05, 0) is 30.5 Å². The number of non-ortho nitro benzene ring substituents is 1. The van der Waals surface area contributed by atoms with E-state index in [1.54, 1.807) is 19.2 Å². The summed E-state index contributed by atoms with van der Waals surface area (Å²) in [6.45, 7) is 3.51. The molecule has 1 heterocycles. The molecule has 156 valence electrons. The molecule has 0 bridgehead atoms. The van der Waals surface area contributed by atoms with E-state index in [0.717, 1.165) is 44.0 Å². The van der Waals surface area contributed by atoms with Gasteiger partial charge >= 0.3 is 0 Å². The van der Waals surface area contributed by atoms with Gasteiger partial charge in [0.1, 0.15) is 0 Å². The Morgan fingerprint density at radius 2 is 1.97 bits per heavy atom. The van der Waals surface area contributed by atoms with Crippen LogP contribution in [0.1, 0.15) is 24.0 Å². The molecule has 3 rings (SSSR count). The second-order valence-corrected chi connectivity index (χ2v) is 7.06. The predicted molar refractivity (Wildman–Crippen MR) is 127 cm³/mol. The first-order chi connectivity index (χ1) is 13.6. The van der Waals surface area contributed by atoms with Crippen molar-refractivity contribution in [1.82, 2.24) is 15.5 Å². The van der Waals surface area contributed by atoms with E-state index in [1.807, 2.05) is 12.1 Å². The normalized spacial score (nSPS) is 17.3. The Hall–Kier alpha value is -2.20. The van der Waals surface area contributed by atoms with Gasteiger partial charge in [0.05, 0.1) is 4.92 Å². The minimum absolute atomic E-state index is 0. The van der Waals surface area contributed by atoms with Crippen LogP contribution in [-0.4, -0.2) is 42.0 Å². The highest BCUT2D eigenvalue weighted by molar-refractivity contribution is 14.0. The maximum absolute atomic E-state index is 10.9. The number of nitrogens with one attached hydrogen (secondary N) is 2. The molecule has 0 saturated carbocycles. The number of hydrogen-bond donors (Lipinski definition) is 2. The number of aliphatic imine (C=N–C) groups is 1. The van der Waals surface area contributed by atoms with Crippen molar-refractivity contribution in [2.24, 2.45) is 4.99 Å². The third-order valence-electron chi connectivity index (χ3n) is 4.90. The van der Waals surface area contributed by atoms with Crippen molar-refractivity contribution in [3.8, 4) is 0 Å². The zero-order chi connectivity index (χ0) is 19.8. The lowest BCUT2D eigenvalue weighted by Crippen LogP contribution is -2.50. The number of hydrogen-bond acceptors (Lipinski definition) is 4. The quantitative estimate of drug-likeness (QED) is 0.205. The summed E-state index contributed by atoms with van der Waals surface area (Å²) in [5, 5.41) is 17.7. The number of guanidine groups is 1. The molecule has 1 aliphatic heterocycles. The Bertz CT molecular complexity index is 816. The summed E-state index contributed by atoms with van der Waals surface area (Å²) < 4.78 is 0. The van der Waals surface area contributed by atoms with E-state index in [4.69, 9.17) is 0 Å². The molecule has 2 aromatic rings. The van der Waals surface area contributed by atoms with Crippen molar-refractivity contribution in [3.05, 3.63) is 75.8 Å². The molecule has 2 N–H and O–H groups in total. The lowest BCUT2D eigenvalue weighted by molar-refractivity contribution is -0.384. The molecule has 7 nitrogen and oxygen atoms in total. The second-order valence-electron chi connectivity index (χ2n) is 7.06. The Morgan fingerprint density at radius 1 is 1.21 bits per heavy atom. The first kappa shape index (κ1) is 23.1. The highest BCUT2D eigenvalue weighted by atomic mass is 127. The lowest BCUT2D eigenvalue weighted by atomic mass is 10.0. The molecule has 8 heteroatoms. The average molecular weight is 509 g/mol. The Morgan fingerprint density at radius 3 is 2.69 bits per heavy atom. The number of nitrogens with zero attached hydrogens (tertiary/aromatic N) is 3. The largest absolute Gasteiger partial charge is 0.352 e. The third kappa shape index (κ3) is 7.28. The molecule has 1 atom stereocenters. The van der Waals surface area contributed by atoms with Crippen LogP contribution in [0.15, 0.2) is 59.6 Å². The van der Waals surface area contributed by atoms with Crippen molar-refractivity contribution in [2.75, 3.05) is 20.1 Å². The lowest BCUT2D eigenvalue weighted by Gasteiger charge is -2.34. The number of piperidine rings is 1. The first-order valence-electron chi connectivity index (χ1n) is 9.61. The van der Waals surface area contributed by atoms with Crippen LogP contribution in [0.4, 0.5) is 5.69 Å². The molecular formula is C21H28IN5O2. The van der Waals surface area contributed by atoms with Gasteiger partial charge in [0.15, 0.2) is 5.96 Å². The van der Waals surface area contributed by atoms with Crippen molar-refractivity contribution in [2.45, 2.75) is 32.0 Å². The number of likely N-dealkylation sites (tertiary alicyclic amines) is 1. The zero-order valence-corrected chi connectivity index (χ0v) is 18.9. The maximum Gasteiger partial charge on any atom is 0.269 e. The van der Waals surface area contributed by atoms with Gasteiger partial charge in [-0.3, -0.25) is 20.0 Å². The molecule has 0 aromatic heterocycles. The average Bonchev–Trinajstić information content (AvgIpc) is 2.72. The van der Waals surface area contributed by atoms with Crippen LogP contribution in [0.5, 0.6) is 0 Å². The minimum Gasteiger partial charge on any atom is -0.352 e. The van der Waals surface area contributed by atoms with Gasteiger partial charge in [-0.15, -0.1) is 24.0 Å². The number of benzene rings is 2. The van der Waals surface area contributed by atoms with Crippen molar-refractivity contribution in [1.29, 1.82) is 0 Å². The molecule has 1 unspecified atom stereocenters. The van der Waals surface area contributed by atoms with Crippen molar-refractivity contribution >= 4 is 35.6 Å². The van der Waals surface area contributed by atoms with E-state index < -0.39 is 0 Å². The van der Waals surface area contributed by atoms with Crippen LogP contribution in [0.2, 0.25) is 0 Å². The van der Waals surface area contributed by atoms with Crippen molar-refractivity contribution < 1.29 is 4.92 Å². The van der Waals surface area contributed by atoms with Gasteiger partial charge in [0, 0.05) is 44.9 Å². The molecular weight excluding hydrogens is 481 g/mol. The van der Waals surface area contributed by atoms with Crippen LogP contribution in [0.25, 0.3) is 0 Å². The summed E-state index contributed by atoms with van der Waals surface area (Å²) in [5.74, 6) is 0.720. The summed E-state index contributed by atoms with van der Waals surface area (Å²) in [6.07, 6.45) is 2.25. The Balaban J connectivity index is 0.00000300. The SMILES string of the molecule is CN=C(NCc1cccc([N+](=O)[O-])c1)NC1CCCN(Cc2ccccc2)C1.I. The molecule has 1 fully saturated rings. The highest BCUT2D eigenvalue weighted by Crippen LogP contribution is 2.14. The molecule has 0 aliphatic carbocycles. The van der Waals surface area contributed by atoms with Gasteiger partial charge in [-0.25, -0.2) is 0 Å². The monoisotopic (exact) mass is 509 g/mol. The topological polar surface area (TPSA) is 82.8 Å². The fourth-order valence-electron chi connectivity index (χ4n) is 3.51. The number of rotatable bonds is 6. The molecule has 0 amide bonds. The zero-order valence-electron chi connectivity index (χ0n) is 16.6. The van der Waals surface area contributed by atoms with Crippen LogP contribution in [0, 0.1) is 10.1 Å². The smallest absolute Gasteiger partial charge is 0.269 e. The van der Waals surface area contributed by atoms with Gasteiger partial charge < -0.3 is 10.6 Å². The summed E-state index contributed by atoms with van der Waals surface area (Å²) >= 11 is 0. The van der Waals surface area contributed by atoms with Crippen LogP contribution in [0.3, 0.4) is 0 Å². The molecule has 29 heavy (non-hydrogen) atoms. The second kappa shape index (κ2) is 11.7. The number of nitro benzene ring substituents is 1. The van der Waals surface area contributed by atoms with Gasteiger partial charge in [0.2, 0.25) is 0 Å². The summed E-state index contributed by atoms with van der Waals surface area (Å²) in [5.41, 5.74) is 2.29. The van der Waals surface area contributed by atoms with Gasteiger partial charge in [-0.2, -0.15) is 0 Å². The summed E-state index contributed by atoms with van der Waals surface area (Å²) in [4.78, 5) is 17.3. The van der Waals surface area contributed by atoms with Crippen LogP contribution < -0.4 is 10.6 Å². The molecule has 0 spiro atoms. The van der Waals surface area contributed by atoms with E-state index in [2.05, 4.69) is 44.8 Å². The van der Waals surface area contributed by atoms with E-state index >= 15 is 0 Å². The third-order valence-corrected chi connectivity index (χ3v) is 4.90. The summed E-state index contributed by atoms with van der Waals surface area (Å²) in [6, 6.07) is 17.5. The molecule has 1 saturated heterocycles. The number of nitro groups is 1.